The fraction of sp³-hybridized carbons (Fsp3) is 0.450. The Labute approximate surface area is 157 Å². The van der Waals surface area contributed by atoms with Gasteiger partial charge in [0, 0.05) is 49.7 Å². The smallest absolute Gasteiger partial charge is 0.267 e. The topological polar surface area (TPSA) is 89.3 Å². The highest BCUT2D eigenvalue weighted by atomic mass is 16.2. The van der Waals surface area contributed by atoms with Crippen LogP contribution >= 0.6 is 0 Å². The fourth-order valence-corrected chi connectivity index (χ4v) is 4.60. The summed E-state index contributed by atoms with van der Waals surface area (Å²) in [6, 6.07) is 10.0. The molecule has 1 aromatic carbocycles. The Morgan fingerprint density at radius 3 is 2.48 bits per heavy atom. The van der Waals surface area contributed by atoms with Gasteiger partial charge in [0.15, 0.2) is 0 Å². The summed E-state index contributed by atoms with van der Waals surface area (Å²) in [5.41, 5.74) is 2.09. The first kappa shape index (κ1) is 17.6. The molecule has 0 unspecified atom stereocenters. The van der Waals surface area contributed by atoms with Crippen LogP contribution in [0, 0.1) is 18.8 Å². The molecule has 7 heteroatoms. The minimum atomic E-state index is -0.231. The zero-order valence-electron chi connectivity index (χ0n) is 15.6. The SMILES string of the molecule is CC(=O)N1C[C@H]2CN(C(=O)Cc3c(C)[nH][nH]c3=O)C[C@H]2[C@@H]1c1ccccc1. The maximum absolute atomic E-state index is 12.8. The van der Waals surface area contributed by atoms with Crippen LogP contribution in [0.5, 0.6) is 0 Å². The number of fused-ring (bicyclic) bond motifs is 1. The normalized spacial score (nSPS) is 24.3. The van der Waals surface area contributed by atoms with Gasteiger partial charge in [-0.05, 0) is 12.5 Å². The molecule has 0 spiro atoms. The fourth-order valence-electron chi connectivity index (χ4n) is 4.60. The summed E-state index contributed by atoms with van der Waals surface area (Å²) in [4.78, 5) is 40.6. The van der Waals surface area contributed by atoms with Gasteiger partial charge >= 0.3 is 0 Å². The lowest BCUT2D eigenvalue weighted by Crippen LogP contribution is -2.37. The van der Waals surface area contributed by atoms with Crippen molar-refractivity contribution in [3.05, 3.63) is 57.5 Å². The summed E-state index contributed by atoms with van der Waals surface area (Å²) in [6.07, 6.45) is 0.108. The number of aryl methyl sites for hydroxylation is 1. The summed E-state index contributed by atoms with van der Waals surface area (Å²) in [5, 5.41) is 5.29. The minimum absolute atomic E-state index is 0.00361. The second-order valence-electron chi connectivity index (χ2n) is 7.61. The molecule has 1 aromatic heterocycles. The maximum atomic E-state index is 12.8. The van der Waals surface area contributed by atoms with E-state index in [0.717, 1.165) is 5.56 Å². The highest BCUT2D eigenvalue weighted by molar-refractivity contribution is 5.79. The van der Waals surface area contributed by atoms with Crippen LogP contribution in [0.2, 0.25) is 0 Å². The standard InChI is InChI=1S/C20H24N4O3/c1-12-16(20(27)22-21-12)8-18(26)23-9-15-10-24(13(2)25)19(17(15)11-23)14-6-4-3-5-7-14/h3-7,15,17,19H,8-11H2,1-2H3,(H2,21,22,27)/t15-,17-,19+/m1/s1. The number of amides is 2. The summed E-state index contributed by atoms with van der Waals surface area (Å²) < 4.78 is 0. The molecule has 0 saturated carbocycles. The number of H-pyrrole nitrogens is 2. The van der Waals surface area contributed by atoms with Gasteiger partial charge in [-0.15, -0.1) is 0 Å². The number of rotatable bonds is 3. The Morgan fingerprint density at radius 2 is 1.85 bits per heavy atom. The molecule has 2 aromatic rings. The largest absolute Gasteiger partial charge is 0.342 e. The number of likely N-dealkylation sites (tertiary alicyclic amines) is 2. The van der Waals surface area contributed by atoms with E-state index in [4.69, 9.17) is 0 Å². The molecule has 0 radical (unpaired) electrons. The van der Waals surface area contributed by atoms with Crippen molar-refractivity contribution in [2.45, 2.75) is 26.3 Å². The molecule has 2 saturated heterocycles. The molecule has 2 amide bonds. The molecular weight excluding hydrogens is 344 g/mol. The van der Waals surface area contributed by atoms with E-state index in [1.807, 2.05) is 28.0 Å². The van der Waals surface area contributed by atoms with Crippen LogP contribution in [0.1, 0.15) is 29.8 Å². The van der Waals surface area contributed by atoms with E-state index in [0.29, 0.717) is 30.9 Å². The summed E-state index contributed by atoms with van der Waals surface area (Å²) in [7, 11) is 0. The highest BCUT2D eigenvalue weighted by Crippen LogP contribution is 2.44. The van der Waals surface area contributed by atoms with Crippen molar-refractivity contribution in [3.63, 3.8) is 0 Å². The molecule has 2 aliphatic rings. The van der Waals surface area contributed by atoms with Crippen LogP contribution in [0.4, 0.5) is 0 Å². The third-order valence-corrected chi connectivity index (χ3v) is 5.98. The number of hydrogen-bond acceptors (Lipinski definition) is 3. The molecule has 2 aliphatic heterocycles. The third kappa shape index (κ3) is 3.07. The van der Waals surface area contributed by atoms with Crippen LogP contribution in [0.25, 0.3) is 0 Å². The predicted octanol–water partition coefficient (Wildman–Crippen LogP) is 1.23. The third-order valence-electron chi connectivity index (χ3n) is 5.98. The number of nitrogens with zero attached hydrogens (tertiary/aromatic N) is 2. The lowest BCUT2D eigenvalue weighted by molar-refractivity contribution is -0.131. The Kier molecular flexibility index (Phi) is 4.37. The number of hydrogen-bond donors (Lipinski definition) is 2. The Hall–Kier alpha value is -2.83. The van der Waals surface area contributed by atoms with Gasteiger partial charge in [-0.25, -0.2) is 0 Å². The van der Waals surface area contributed by atoms with E-state index in [1.165, 1.54) is 0 Å². The van der Waals surface area contributed by atoms with Crippen molar-refractivity contribution in [2.75, 3.05) is 19.6 Å². The van der Waals surface area contributed by atoms with E-state index >= 15 is 0 Å². The molecule has 7 nitrogen and oxygen atoms in total. The monoisotopic (exact) mass is 368 g/mol. The maximum Gasteiger partial charge on any atom is 0.267 e. The van der Waals surface area contributed by atoms with Gasteiger partial charge in [-0.1, -0.05) is 30.3 Å². The van der Waals surface area contributed by atoms with Crippen molar-refractivity contribution >= 4 is 11.8 Å². The molecule has 0 aliphatic carbocycles. The lowest BCUT2D eigenvalue weighted by atomic mass is 9.89. The molecule has 3 atom stereocenters. The minimum Gasteiger partial charge on any atom is -0.342 e. The first-order chi connectivity index (χ1) is 13.0. The van der Waals surface area contributed by atoms with Gasteiger partial charge in [-0.3, -0.25) is 19.5 Å². The van der Waals surface area contributed by atoms with E-state index < -0.39 is 0 Å². The molecule has 0 bridgehead atoms. The number of carbonyl (C=O) groups is 2. The number of aromatic amines is 2. The Bertz CT molecular complexity index is 917. The van der Waals surface area contributed by atoms with Crippen LogP contribution in [-0.2, 0) is 16.0 Å². The van der Waals surface area contributed by atoms with Crippen molar-refractivity contribution < 1.29 is 9.59 Å². The van der Waals surface area contributed by atoms with Crippen LogP contribution in [0.15, 0.2) is 35.1 Å². The first-order valence-corrected chi connectivity index (χ1v) is 9.31. The lowest BCUT2D eigenvalue weighted by Gasteiger charge is -2.29. The van der Waals surface area contributed by atoms with Crippen LogP contribution < -0.4 is 5.56 Å². The molecular formula is C20H24N4O3. The Balaban J connectivity index is 1.53. The van der Waals surface area contributed by atoms with Gasteiger partial charge in [0.05, 0.1) is 12.5 Å². The van der Waals surface area contributed by atoms with Gasteiger partial charge in [0.25, 0.3) is 5.56 Å². The summed E-state index contributed by atoms with van der Waals surface area (Å²) >= 11 is 0. The van der Waals surface area contributed by atoms with Crippen LogP contribution in [-0.4, -0.2) is 51.4 Å². The molecule has 3 heterocycles. The molecule has 27 heavy (non-hydrogen) atoms. The van der Waals surface area contributed by atoms with Crippen molar-refractivity contribution in [3.8, 4) is 0 Å². The average molecular weight is 368 g/mol. The van der Waals surface area contributed by atoms with Gasteiger partial charge in [-0.2, -0.15) is 0 Å². The molecule has 4 rings (SSSR count). The second-order valence-corrected chi connectivity index (χ2v) is 7.61. The summed E-state index contributed by atoms with van der Waals surface area (Å²) in [5.74, 6) is 0.545. The number of aromatic nitrogens is 2. The van der Waals surface area contributed by atoms with E-state index in [9.17, 15) is 14.4 Å². The number of carbonyl (C=O) groups excluding carboxylic acids is 2. The molecule has 2 N–H and O–H groups in total. The average Bonchev–Trinajstić information content (AvgIpc) is 3.30. The highest BCUT2D eigenvalue weighted by Gasteiger charge is 2.49. The zero-order valence-corrected chi connectivity index (χ0v) is 15.6. The summed E-state index contributed by atoms with van der Waals surface area (Å²) in [6.45, 7) is 5.33. The molecule has 142 valence electrons. The van der Waals surface area contributed by atoms with Gasteiger partial charge in [0.2, 0.25) is 11.8 Å². The number of nitrogens with one attached hydrogen (secondary N) is 2. The van der Waals surface area contributed by atoms with E-state index in [2.05, 4.69) is 22.3 Å². The van der Waals surface area contributed by atoms with Gasteiger partial charge in [0.1, 0.15) is 0 Å². The molecule has 2 fully saturated rings. The van der Waals surface area contributed by atoms with E-state index in [1.54, 1.807) is 13.8 Å². The predicted molar refractivity (Wildman–Crippen MR) is 100.0 cm³/mol. The van der Waals surface area contributed by atoms with Crippen molar-refractivity contribution in [1.82, 2.24) is 20.0 Å². The number of benzene rings is 1. The van der Waals surface area contributed by atoms with Crippen molar-refractivity contribution in [2.24, 2.45) is 11.8 Å². The Morgan fingerprint density at radius 1 is 1.11 bits per heavy atom. The van der Waals surface area contributed by atoms with Crippen molar-refractivity contribution in [1.29, 1.82) is 0 Å². The zero-order chi connectivity index (χ0) is 19.1. The van der Waals surface area contributed by atoms with Gasteiger partial charge < -0.3 is 14.9 Å². The van der Waals surface area contributed by atoms with E-state index in [-0.39, 0.29) is 41.7 Å². The quantitative estimate of drug-likeness (QED) is 0.854. The van der Waals surface area contributed by atoms with Crippen LogP contribution in [0.3, 0.4) is 0 Å². The first-order valence-electron chi connectivity index (χ1n) is 9.31. The second kappa shape index (κ2) is 6.72.